The third-order valence-corrected chi connectivity index (χ3v) is 4.20. The number of likely N-dealkylation sites (N-methyl/N-ethyl adjacent to an activating group) is 2. The molecule has 0 aliphatic heterocycles. The van der Waals surface area contributed by atoms with Crippen LogP contribution in [0.1, 0.15) is 0 Å². The highest BCUT2D eigenvalue weighted by Crippen LogP contribution is 2.26. The number of aromatic nitrogens is 2. The summed E-state index contributed by atoms with van der Waals surface area (Å²) >= 11 is 2.65. The Morgan fingerprint density at radius 1 is 1.48 bits per heavy atom. The minimum absolute atomic E-state index is 0.0279. The Bertz CT molecular complexity index is 612. The molecule has 1 N–H and O–H groups in total. The van der Waals surface area contributed by atoms with Crippen LogP contribution >= 0.6 is 23.1 Å². The van der Waals surface area contributed by atoms with Crippen LogP contribution in [-0.4, -0.2) is 53.3 Å². The summed E-state index contributed by atoms with van der Waals surface area (Å²) in [6.45, 7) is 0.0279. The Balaban J connectivity index is 1.85. The van der Waals surface area contributed by atoms with Crippen LogP contribution < -0.4 is 5.32 Å². The summed E-state index contributed by atoms with van der Waals surface area (Å²) in [5, 5.41) is 12.5. The van der Waals surface area contributed by atoms with Gasteiger partial charge in [-0.25, -0.2) is 0 Å². The molecule has 21 heavy (non-hydrogen) atoms. The molecule has 112 valence electrons. The summed E-state index contributed by atoms with van der Waals surface area (Å²) in [7, 11) is 3.10. The largest absolute Gasteiger partial charge is 0.410 e. The molecule has 0 bridgehead atoms. The van der Waals surface area contributed by atoms with Gasteiger partial charge in [0, 0.05) is 14.1 Å². The first-order valence-electron chi connectivity index (χ1n) is 6.05. The van der Waals surface area contributed by atoms with E-state index in [2.05, 4.69) is 15.5 Å². The fraction of sp³-hybridized carbons (Fsp3) is 0.333. The molecule has 7 nitrogen and oxygen atoms in total. The Morgan fingerprint density at radius 3 is 2.95 bits per heavy atom. The second-order valence-electron chi connectivity index (χ2n) is 4.06. The zero-order valence-electron chi connectivity index (χ0n) is 11.5. The van der Waals surface area contributed by atoms with Gasteiger partial charge >= 0.3 is 0 Å². The minimum Gasteiger partial charge on any atom is -0.410 e. The fourth-order valence-electron chi connectivity index (χ4n) is 1.38. The van der Waals surface area contributed by atoms with Crippen LogP contribution in [0.15, 0.2) is 27.2 Å². The molecule has 0 aliphatic carbocycles. The maximum Gasteiger partial charge on any atom is 0.277 e. The smallest absolute Gasteiger partial charge is 0.277 e. The van der Waals surface area contributed by atoms with Gasteiger partial charge in [-0.05, 0) is 11.4 Å². The molecule has 0 saturated carbocycles. The normalized spacial score (nSPS) is 10.4. The summed E-state index contributed by atoms with van der Waals surface area (Å²) in [5.41, 5.74) is 0. The minimum atomic E-state index is -0.214. The Morgan fingerprint density at radius 2 is 2.29 bits per heavy atom. The third kappa shape index (κ3) is 4.30. The van der Waals surface area contributed by atoms with Crippen LogP contribution in [0.2, 0.25) is 0 Å². The van der Waals surface area contributed by atoms with Crippen molar-refractivity contribution in [2.75, 3.05) is 26.4 Å². The molecule has 0 aromatic carbocycles. The van der Waals surface area contributed by atoms with Crippen molar-refractivity contribution in [2.45, 2.75) is 5.22 Å². The lowest BCUT2D eigenvalue weighted by Gasteiger charge is -2.14. The summed E-state index contributed by atoms with van der Waals surface area (Å²) < 4.78 is 5.46. The molecule has 0 radical (unpaired) electrons. The van der Waals surface area contributed by atoms with E-state index in [9.17, 15) is 9.59 Å². The van der Waals surface area contributed by atoms with Crippen LogP contribution in [0.3, 0.4) is 0 Å². The van der Waals surface area contributed by atoms with Gasteiger partial charge in [0.25, 0.3) is 11.1 Å². The van der Waals surface area contributed by atoms with Gasteiger partial charge in [-0.2, -0.15) is 0 Å². The summed E-state index contributed by atoms with van der Waals surface area (Å²) in [6.07, 6.45) is 0. The van der Waals surface area contributed by atoms with E-state index in [0.29, 0.717) is 11.1 Å². The van der Waals surface area contributed by atoms with Crippen molar-refractivity contribution in [2.24, 2.45) is 0 Å². The predicted octanol–water partition coefficient (Wildman–Crippen LogP) is 1.09. The average molecular weight is 326 g/mol. The van der Waals surface area contributed by atoms with Gasteiger partial charge in [0.1, 0.15) is 0 Å². The maximum absolute atomic E-state index is 11.8. The number of hydrogen-bond donors (Lipinski definition) is 1. The zero-order chi connectivity index (χ0) is 15.2. The number of nitrogens with one attached hydrogen (secondary N) is 1. The van der Waals surface area contributed by atoms with Crippen molar-refractivity contribution in [3.63, 3.8) is 0 Å². The van der Waals surface area contributed by atoms with Gasteiger partial charge in [-0.1, -0.05) is 17.8 Å². The maximum atomic E-state index is 11.8. The Kier molecular flexibility index (Phi) is 5.34. The highest BCUT2D eigenvalue weighted by molar-refractivity contribution is 7.99. The van der Waals surface area contributed by atoms with Gasteiger partial charge < -0.3 is 14.6 Å². The Hall–Kier alpha value is -1.87. The highest BCUT2D eigenvalue weighted by Gasteiger charge is 2.15. The van der Waals surface area contributed by atoms with Crippen molar-refractivity contribution in [1.29, 1.82) is 0 Å². The lowest BCUT2D eigenvalue weighted by atomic mass is 10.5. The number of carbonyl (C=O) groups excluding carboxylic acids is 2. The van der Waals surface area contributed by atoms with Crippen molar-refractivity contribution < 1.29 is 14.0 Å². The van der Waals surface area contributed by atoms with E-state index in [1.54, 1.807) is 7.05 Å². The number of nitrogens with zero attached hydrogens (tertiary/aromatic N) is 3. The van der Waals surface area contributed by atoms with Crippen LogP contribution in [0.25, 0.3) is 10.8 Å². The van der Waals surface area contributed by atoms with Gasteiger partial charge in [-0.15, -0.1) is 21.5 Å². The van der Waals surface area contributed by atoms with Gasteiger partial charge in [0.05, 0.1) is 17.2 Å². The summed E-state index contributed by atoms with van der Waals surface area (Å²) in [5.74, 6) is 0.186. The lowest BCUT2D eigenvalue weighted by Crippen LogP contribution is -2.37. The first-order chi connectivity index (χ1) is 10.1. The van der Waals surface area contributed by atoms with Crippen molar-refractivity contribution in [1.82, 2.24) is 20.4 Å². The van der Waals surface area contributed by atoms with Crippen molar-refractivity contribution in [3.05, 3.63) is 17.5 Å². The molecule has 2 amide bonds. The quantitative estimate of drug-likeness (QED) is 0.800. The number of hydrogen-bond acceptors (Lipinski definition) is 7. The second kappa shape index (κ2) is 7.23. The lowest BCUT2D eigenvalue weighted by molar-refractivity contribution is -0.132. The van der Waals surface area contributed by atoms with E-state index in [-0.39, 0.29) is 24.1 Å². The van der Waals surface area contributed by atoms with Crippen LogP contribution in [0, 0.1) is 0 Å². The zero-order valence-corrected chi connectivity index (χ0v) is 13.2. The number of rotatable bonds is 6. The first kappa shape index (κ1) is 15.5. The van der Waals surface area contributed by atoms with E-state index < -0.39 is 0 Å². The number of thiophene rings is 1. The average Bonchev–Trinajstić information content (AvgIpc) is 3.14. The molecule has 9 heteroatoms. The number of thioether (sulfide) groups is 1. The summed E-state index contributed by atoms with van der Waals surface area (Å²) in [6, 6.07) is 3.78. The molecular formula is C12H14N4O3S2. The molecule has 0 spiro atoms. The molecule has 0 aliphatic rings. The SMILES string of the molecule is CNC(=O)CN(C)C(=O)CSc1nnc(-c2cccs2)o1. The Labute approximate surface area is 129 Å². The van der Waals surface area contributed by atoms with E-state index in [1.165, 1.54) is 23.3 Å². The standard InChI is InChI=1S/C12H14N4O3S2/c1-13-9(17)6-16(2)10(18)7-21-12-15-14-11(19-12)8-4-3-5-20-8/h3-5H,6-7H2,1-2H3,(H,13,17). The van der Waals surface area contributed by atoms with Crippen LogP contribution in [-0.2, 0) is 9.59 Å². The molecule has 0 fully saturated rings. The highest BCUT2D eigenvalue weighted by atomic mass is 32.2. The third-order valence-electron chi connectivity index (χ3n) is 2.54. The molecule has 0 atom stereocenters. The number of amides is 2. The van der Waals surface area contributed by atoms with Gasteiger partial charge in [-0.3, -0.25) is 9.59 Å². The van der Waals surface area contributed by atoms with E-state index in [4.69, 9.17) is 4.42 Å². The molecule has 2 rings (SSSR count). The second-order valence-corrected chi connectivity index (χ2v) is 5.94. The molecule has 0 saturated heterocycles. The van der Waals surface area contributed by atoms with Crippen LogP contribution in [0.4, 0.5) is 0 Å². The van der Waals surface area contributed by atoms with Gasteiger partial charge in [0.2, 0.25) is 11.8 Å². The van der Waals surface area contributed by atoms with Crippen molar-refractivity contribution >= 4 is 34.9 Å². The molecular weight excluding hydrogens is 312 g/mol. The van der Waals surface area contributed by atoms with Crippen molar-refractivity contribution in [3.8, 4) is 10.8 Å². The van der Waals surface area contributed by atoms with E-state index in [1.807, 2.05) is 17.5 Å². The van der Waals surface area contributed by atoms with E-state index >= 15 is 0 Å². The molecule has 2 aromatic heterocycles. The van der Waals surface area contributed by atoms with E-state index in [0.717, 1.165) is 16.6 Å². The number of carbonyl (C=O) groups is 2. The summed E-state index contributed by atoms with van der Waals surface area (Å²) in [4.78, 5) is 25.3. The monoisotopic (exact) mass is 326 g/mol. The van der Waals surface area contributed by atoms with Crippen LogP contribution in [0.5, 0.6) is 0 Å². The topological polar surface area (TPSA) is 88.3 Å². The first-order valence-corrected chi connectivity index (χ1v) is 7.91. The molecule has 0 unspecified atom stereocenters. The van der Waals surface area contributed by atoms with Gasteiger partial charge in [0.15, 0.2) is 0 Å². The predicted molar refractivity (Wildman–Crippen MR) is 80.0 cm³/mol. The fourth-order valence-corrected chi connectivity index (χ4v) is 2.73. The molecule has 2 aromatic rings. The molecule has 2 heterocycles.